The second-order valence-corrected chi connectivity index (χ2v) is 4.65. The Bertz CT molecular complexity index is 534. The molecule has 2 aromatic heterocycles. The van der Waals surface area contributed by atoms with E-state index in [2.05, 4.69) is 15.0 Å². The van der Waals surface area contributed by atoms with Crippen LogP contribution in [-0.4, -0.2) is 32.2 Å². The summed E-state index contributed by atoms with van der Waals surface area (Å²) in [6.07, 6.45) is 8.45. The van der Waals surface area contributed by atoms with Gasteiger partial charge >= 0.3 is 0 Å². The zero-order chi connectivity index (χ0) is 12.4. The summed E-state index contributed by atoms with van der Waals surface area (Å²) in [4.78, 5) is 12.4. The van der Waals surface area contributed by atoms with Gasteiger partial charge < -0.3 is 15.0 Å². The van der Waals surface area contributed by atoms with Crippen molar-refractivity contribution in [2.75, 3.05) is 12.3 Å². The van der Waals surface area contributed by atoms with E-state index in [1.807, 2.05) is 4.57 Å². The predicted molar refractivity (Wildman–Crippen MR) is 67.9 cm³/mol. The summed E-state index contributed by atoms with van der Waals surface area (Å²) in [5.74, 6) is 0.435. The van der Waals surface area contributed by atoms with Gasteiger partial charge in [-0.15, -0.1) is 0 Å². The fraction of sp³-hybridized carbons (Fsp3) is 0.583. The van der Waals surface area contributed by atoms with Crippen LogP contribution in [-0.2, 0) is 11.3 Å². The lowest BCUT2D eigenvalue weighted by Gasteiger charge is -2.25. The number of nitrogen functional groups attached to an aromatic ring is 1. The Kier molecular flexibility index (Phi) is 3.10. The third-order valence-corrected chi connectivity index (χ3v) is 3.38. The van der Waals surface area contributed by atoms with Gasteiger partial charge in [-0.3, -0.25) is 0 Å². The summed E-state index contributed by atoms with van der Waals surface area (Å²) >= 11 is 0. The maximum Gasteiger partial charge on any atom is 0.165 e. The van der Waals surface area contributed by atoms with E-state index in [4.69, 9.17) is 10.5 Å². The van der Waals surface area contributed by atoms with Crippen molar-refractivity contribution in [3.05, 3.63) is 12.7 Å². The van der Waals surface area contributed by atoms with Crippen molar-refractivity contribution in [2.24, 2.45) is 0 Å². The molecule has 1 saturated carbocycles. The van der Waals surface area contributed by atoms with Crippen molar-refractivity contribution >= 4 is 17.0 Å². The predicted octanol–water partition coefficient (Wildman–Crippen LogP) is 1.37. The smallest absolute Gasteiger partial charge is 0.165 e. The molecular formula is C12H17N5O. The van der Waals surface area contributed by atoms with Crippen LogP contribution in [0.25, 0.3) is 11.2 Å². The molecule has 96 valence electrons. The van der Waals surface area contributed by atoms with Crippen molar-refractivity contribution < 1.29 is 4.74 Å². The first-order valence-corrected chi connectivity index (χ1v) is 6.37. The fourth-order valence-electron chi connectivity index (χ4n) is 2.08. The largest absolute Gasteiger partial charge is 0.382 e. The molecule has 18 heavy (non-hydrogen) atoms. The number of nitrogens with zero attached hydrogens (tertiary/aromatic N) is 4. The van der Waals surface area contributed by atoms with Crippen molar-refractivity contribution in [1.29, 1.82) is 0 Å². The molecule has 0 aromatic carbocycles. The van der Waals surface area contributed by atoms with Crippen LogP contribution in [0.15, 0.2) is 12.7 Å². The summed E-state index contributed by atoms with van der Waals surface area (Å²) in [6, 6.07) is 0. The van der Waals surface area contributed by atoms with Crippen LogP contribution in [0, 0.1) is 0 Å². The molecule has 0 radical (unpaired) electrons. The third-order valence-electron chi connectivity index (χ3n) is 3.38. The number of imidazole rings is 1. The molecule has 6 nitrogen and oxygen atoms in total. The molecule has 1 fully saturated rings. The number of aryl methyl sites for hydroxylation is 1. The molecule has 3 rings (SSSR count). The van der Waals surface area contributed by atoms with Crippen molar-refractivity contribution in [3.63, 3.8) is 0 Å². The molecule has 0 spiro atoms. The van der Waals surface area contributed by atoms with Gasteiger partial charge in [0.05, 0.1) is 12.4 Å². The van der Waals surface area contributed by atoms with Gasteiger partial charge in [0.25, 0.3) is 0 Å². The van der Waals surface area contributed by atoms with Crippen LogP contribution in [0.5, 0.6) is 0 Å². The number of hydrogen-bond donors (Lipinski definition) is 1. The first kappa shape index (κ1) is 11.4. The van der Waals surface area contributed by atoms with E-state index in [0.29, 0.717) is 17.4 Å². The Morgan fingerprint density at radius 3 is 3.00 bits per heavy atom. The number of nitrogens with two attached hydrogens (primary N) is 1. The zero-order valence-electron chi connectivity index (χ0n) is 10.2. The van der Waals surface area contributed by atoms with E-state index in [1.54, 1.807) is 6.33 Å². The Morgan fingerprint density at radius 1 is 1.33 bits per heavy atom. The van der Waals surface area contributed by atoms with Crippen molar-refractivity contribution in [2.45, 2.75) is 38.3 Å². The lowest BCUT2D eigenvalue weighted by atomic mass is 9.96. The Labute approximate surface area is 105 Å². The van der Waals surface area contributed by atoms with E-state index < -0.39 is 0 Å². The Hall–Kier alpha value is -1.69. The number of anilines is 1. The average Bonchev–Trinajstić information content (AvgIpc) is 2.71. The van der Waals surface area contributed by atoms with Crippen LogP contribution in [0.2, 0.25) is 0 Å². The molecule has 0 unspecified atom stereocenters. The number of hydrogen-bond acceptors (Lipinski definition) is 5. The highest BCUT2D eigenvalue weighted by Gasteiger charge is 2.17. The minimum absolute atomic E-state index is 0.435. The molecule has 1 aliphatic rings. The highest BCUT2D eigenvalue weighted by Crippen LogP contribution is 2.22. The van der Waals surface area contributed by atoms with Gasteiger partial charge in [0.2, 0.25) is 0 Å². The van der Waals surface area contributed by atoms with E-state index in [9.17, 15) is 0 Å². The topological polar surface area (TPSA) is 78.9 Å². The fourth-order valence-corrected chi connectivity index (χ4v) is 2.08. The van der Waals surface area contributed by atoms with Crippen LogP contribution in [0.1, 0.15) is 25.7 Å². The summed E-state index contributed by atoms with van der Waals surface area (Å²) in [6.45, 7) is 1.64. The molecule has 0 atom stereocenters. The summed E-state index contributed by atoms with van der Waals surface area (Å²) in [7, 11) is 0. The second-order valence-electron chi connectivity index (χ2n) is 4.65. The van der Waals surface area contributed by atoms with Gasteiger partial charge in [-0.05, 0) is 25.7 Å². The SMILES string of the molecule is Nc1ncnc2c1ncn2CCCOC1CCC1. The van der Waals surface area contributed by atoms with Gasteiger partial charge in [0.1, 0.15) is 11.8 Å². The quantitative estimate of drug-likeness (QED) is 0.807. The highest BCUT2D eigenvalue weighted by molar-refractivity contribution is 5.80. The van der Waals surface area contributed by atoms with E-state index in [-0.39, 0.29) is 0 Å². The zero-order valence-corrected chi connectivity index (χ0v) is 10.2. The van der Waals surface area contributed by atoms with Gasteiger partial charge in [-0.1, -0.05) is 0 Å². The number of fused-ring (bicyclic) bond motifs is 1. The molecular weight excluding hydrogens is 230 g/mol. The Balaban J connectivity index is 1.58. The van der Waals surface area contributed by atoms with Crippen LogP contribution < -0.4 is 5.73 Å². The van der Waals surface area contributed by atoms with Crippen molar-refractivity contribution in [1.82, 2.24) is 19.5 Å². The molecule has 6 heteroatoms. The third kappa shape index (κ3) is 2.15. The lowest BCUT2D eigenvalue weighted by molar-refractivity contribution is 0.000202. The number of ether oxygens (including phenoxy) is 1. The molecule has 0 bridgehead atoms. The first-order valence-electron chi connectivity index (χ1n) is 6.37. The van der Waals surface area contributed by atoms with Crippen LogP contribution in [0.3, 0.4) is 0 Å². The second kappa shape index (κ2) is 4.89. The molecule has 0 aliphatic heterocycles. The number of aromatic nitrogens is 4. The normalized spacial score (nSPS) is 16.0. The minimum atomic E-state index is 0.435. The molecule has 1 aliphatic carbocycles. The Morgan fingerprint density at radius 2 is 2.22 bits per heavy atom. The molecule has 2 heterocycles. The monoisotopic (exact) mass is 247 g/mol. The first-order chi connectivity index (χ1) is 8.84. The number of rotatable bonds is 5. The van der Waals surface area contributed by atoms with Gasteiger partial charge in [-0.2, -0.15) is 0 Å². The van der Waals surface area contributed by atoms with E-state index >= 15 is 0 Å². The maximum absolute atomic E-state index is 5.74. The lowest BCUT2D eigenvalue weighted by Crippen LogP contribution is -2.22. The van der Waals surface area contributed by atoms with Gasteiger partial charge in [0, 0.05) is 13.2 Å². The molecule has 0 amide bonds. The van der Waals surface area contributed by atoms with E-state index in [0.717, 1.165) is 25.2 Å². The standard InChI is InChI=1S/C12H17N5O/c13-11-10-12(15-7-14-11)17(8-16-10)5-2-6-18-9-3-1-4-9/h7-9H,1-6H2,(H2,13,14,15). The maximum atomic E-state index is 5.74. The van der Waals surface area contributed by atoms with Crippen molar-refractivity contribution in [3.8, 4) is 0 Å². The summed E-state index contributed by atoms with van der Waals surface area (Å²) < 4.78 is 7.72. The summed E-state index contributed by atoms with van der Waals surface area (Å²) in [5, 5.41) is 0. The average molecular weight is 247 g/mol. The minimum Gasteiger partial charge on any atom is -0.382 e. The van der Waals surface area contributed by atoms with Crippen LogP contribution in [0.4, 0.5) is 5.82 Å². The highest BCUT2D eigenvalue weighted by atomic mass is 16.5. The van der Waals surface area contributed by atoms with E-state index in [1.165, 1.54) is 25.6 Å². The summed E-state index contributed by atoms with van der Waals surface area (Å²) in [5.41, 5.74) is 7.21. The molecule has 2 aromatic rings. The van der Waals surface area contributed by atoms with Gasteiger partial charge in [0.15, 0.2) is 11.5 Å². The van der Waals surface area contributed by atoms with Gasteiger partial charge in [-0.25, -0.2) is 15.0 Å². The molecule has 0 saturated heterocycles. The van der Waals surface area contributed by atoms with Crippen LogP contribution >= 0.6 is 0 Å². The molecule has 2 N–H and O–H groups in total.